The minimum Gasteiger partial charge on any atom is -0.394 e. The Morgan fingerprint density at radius 2 is 0.810 bits per heavy atom. The molecule has 2 aliphatic rings. The van der Waals surface area contributed by atoms with Gasteiger partial charge in [-0.2, -0.15) is 0 Å². The molecule has 0 aromatic carbocycles. The van der Waals surface area contributed by atoms with Crippen molar-refractivity contribution in [2.24, 2.45) is 0 Å². The summed E-state index contributed by atoms with van der Waals surface area (Å²) in [5, 5.41) is 87.1. The third-order valence-corrected chi connectivity index (χ3v) is 15.7. The maximum Gasteiger partial charge on any atom is 0.220 e. The van der Waals surface area contributed by atoms with Crippen LogP contribution in [0.3, 0.4) is 0 Å². The van der Waals surface area contributed by atoms with Crippen LogP contribution in [0.4, 0.5) is 0 Å². The minimum absolute atomic E-state index is 0.260. The van der Waals surface area contributed by atoms with E-state index in [1.807, 2.05) is 6.08 Å². The predicted molar refractivity (Wildman–Crippen MR) is 318 cm³/mol. The summed E-state index contributed by atoms with van der Waals surface area (Å²) in [5.41, 5.74) is 0. The first-order chi connectivity index (χ1) is 38.6. The first-order valence-electron chi connectivity index (χ1n) is 32.4. The highest BCUT2D eigenvalue weighted by Crippen LogP contribution is 2.30. The number of allylic oxidation sites excluding steroid dienone is 7. The quantitative estimate of drug-likeness (QED) is 0.0204. The highest BCUT2D eigenvalue weighted by molar-refractivity contribution is 5.76. The highest BCUT2D eigenvalue weighted by atomic mass is 16.7. The molecule has 14 heteroatoms. The number of nitrogens with one attached hydrogen (secondary N) is 1. The van der Waals surface area contributed by atoms with Gasteiger partial charge in [0.15, 0.2) is 12.6 Å². The smallest absolute Gasteiger partial charge is 0.220 e. The molecule has 0 aliphatic carbocycles. The van der Waals surface area contributed by atoms with Crippen molar-refractivity contribution in [3.8, 4) is 0 Å². The van der Waals surface area contributed by atoms with Gasteiger partial charge in [-0.3, -0.25) is 4.79 Å². The van der Waals surface area contributed by atoms with Gasteiger partial charge in [-0.05, 0) is 70.6 Å². The van der Waals surface area contributed by atoms with Gasteiger partial charge >= 0.3 is 0 Å². The summed E-state index contributed by atoms with van der Waals surface area (Å²) in [6.07, 6.45) is 47.4. The van der Waals surface area contributed by atoms with Crippen molar-refractivity contribution in [1.82, 2.24) is 5.32 Å². The third kappa shape index (κ3) is 35.6. The molecule has 0 aromatic rings. The number of carbonyl (C=O) groups is 1. The van der Waals surface area contributed by atoms with Crippen LogP contribution in [0.2, 0.25) is 0 Å². The molecule has 79 heavy (non-hydrogen) atoms. The van der Waals surface area contributed by atoms with Crippen LogP contribution >= 0.6 is 0 Å². The van der Waals surface area contributed by atoms with Crippen LogP contribution in [-0.4, -0.2) is 140 Å². The van der Waals surface area contributed by atoms with Gasteiger partial charge in [-0.1, -0.05) is 236 Å². The van der Waals surface area contributed by atoms with Gasteiger partial charge in [0.25, 0.3) is 0 Å². The number of rotatable bonds is 52. The van der Waals surface area contributed by atoms with Gasteiger partial charge in [-0.15, -0.1) is 0 Å². The number of unbranched alkanes of at least 4 members (excludes halogenated alkanes) is 33. The molecule has 0 radical (unpaired) electrons. The Hall–Kier alpha value is -2.05. The monoisotopic (exact) mass is 1120 g/mol. The first kappa shape index (κ1) is 73.1. The third-order valence-electron chi connectivity index (χ3n) is 15.7. The predicted octanol–water partition coefficient (Wildman–Crippen LogP) is 12.0. The van der Waals surface area contributed by atoms with Crippen molar-refractivity contribution < 1.29 is 64.6 Å². The molecule has 2 rings (SSSR count). The Morgan fingerprint density at radius 1 is 0.443 bits per heavy atom. The van der Waals surface area contributed by atoms with Gasteiger partial charge in [0.2, 0.25) is 5.91 Å². The normalized spacial score (nSPS) is 24.7. The molecular formula is C65H119NO13. The fourth-order valence-electron chi connectivity index (χ4n) is 10.5. The molecule has 0 saturated carbocycles. The number of ether oxygens (including phenoxy) is 4. The number of hydrogen-bond donors (Lipinski definition) is 9. The Labute approximate surface area is 480 Å². The van der Waals surface area contributed by atoms with E-state index in [0.717, 1.165) is 64.2 Å². The van der Waals surface area contributed by atoms with Gasteiger partial charge < -0.3 is 65.1 Å². The molecule has 0 bridgehead atoms. The molecule has 9 N–H and O–H groups in total. The zero-order valence-corrected chi connectivity index (χ0v) is 49.9. The summed E-state index contributed by atoms with van der Waals surface area (Å²) < 4.78 is 22.8. The Kier molecular flexibility index (Phi) is 46.7. The number of aliphatic hydroxyl groups excluding tert-OH is 8. The average Bonchev–Trinajstić information content (AvgIpc) is 3.48. The second-order valence-corrected chi connectivity index (χ2v) is 22.9. The summed E-state index contributed by atoms with van der Waals surface area (Å²) in [4.78, 5) is 13.2. The van der Waals surface area contributed by atoms with Gasteiger partial charge in [-0.25, -0.2) is 0 Å². The fraction of sp³-hybridized carbons (Fsp3) is 0.862. The van der Waals surface area contributed by atoms with E-state index in [9.17, 15) is 45.6 Å². The number of carbonyl (C=O) groups excluding carboxylic acids is 1. The summed E-state index contributed by atoms with van der Waals surface area (Å²) >= 11 is 0. The molecule has 462 valence electrons. The SMILES string of the molecule is CCCCCCCCC/C=C\CCCCCCCC(=O)NC(COC1OC(CO)C(OC2OC(CO)C(O)C(O)C2O)C(O)C1O)C(O)/C=C/CC/C=C/CC/C=C/CCCCCCCCCCCCCCCCCCCCC. The van der Waals surface area contributed by atoms with Crippen LogP contribution in [0.15, 0.2) is 48.6 Å². The Bertz CT molecular complexity index is 1510. The van der Waals surface area contributed by atoms with Crippen molar-refractivity contribution in [2.75, 3.05) is 19.8 Å². The summed E-state index contributed by atoms with van der Waals surface area (Å²) in [6, 6.07) is -0.943. The summed E-state index contributed by atoms with van der Waals surface area (Å²) in [6.45, 7) is 2.78. The number of amides is 1. The lowest BCUT2D eigenvalue weighted by molar-refractivity contribution is -0.359. The fourth-order valence-corrected chi connectivity index (χ4v) is 10.5. The van der Waals surface area contributed by atoms with E-state index in [-0.39, 0.29) is 18.9 Å². The van der Waals surface area contributed by atoms with E-state index < -0.39 is 86.8 Å². The Morgan fingerprint density at radius 3 is 1.24 bits per heavy atom. The lowest BCUT2D eigenvalue weighted by Crippen LogP contribution is -2.65. The molecule has 0 aromatic heterocycles. The van der Waals surface area contributed by atoms with E-state index in [0.29, 0.717) is 12.8 Å². The molecule has 2 fully saturated rings. The van der Waals surface area contributed by atoms with Gasteiger partial charge in [0.1, 0.15) is 48.8 Å². The lowest BCUT2D eigenvalue weighted by atomic mass is 9.97. The lowest BCUT2D eigenvalue weighted by Gasteiger charge is -2.46. The molecule has 14 nitrogen and oxygen atoms in total. The Balaban J connectivity index is 1.73. The molecule has 12 unspecified atom stereocenters. The average molecular weight is 1120 g/mol. The standard InChI is InChI=1S/C65H119NO13/c1-3-5-7-9-11-13-15-17-19-21-22-23-24-25-26-27-28-29-30-31-32-33-34-36-38-40-42-44-46-48-54(69)53(66-57(70)49-47-45-43-41-39-37-35-20-18-16-14-12-10-8-6-4-2)52-76-64-62(75)60(73)63(56(51-68)78-64)79-65-61(74)59(72)58(71)55(50-67)77-65/h20,32-33,35,38,40,46,48,53-56,58-65,67-69,71-75H,3-19,21-31,34,36-37,39,41-45,47,49-52H2,1-2H3,(H,66,70)/b33-32+,35-20-,40-38+,48-46+. The van der Waals surface area contributed by atoms with Crippen LogP contribution < -0.4 is 5.32 Å². The second kappa shape index (κ2) is 50.5. The highest BCUT2D eigenvalue weighted by Gasteiger charge is 2.51. The first-order valence-corrected chi connectivity index (χ1v) is 32.4. The molecule has 0 spiro atoms. The number of aliphatic hydroxyl groups is 8. The van der Waals surface area contributed by atoms with Crippen molar-refractivity contribution in [2.45, 2.75) is 338 Å². The van der Waals surface area contributed by atoms with E-state index in [4.69, 9.17) is 18.9 Å². The van der Waals surface area contributed by atoms with Crippen molar-refractivity contribution in [3.05, 3.63) is 48.6 Å². The zero-order chi connectivity index (χ0) is 57.4. The molecule has 2 saturated heterocycles. The van der Waals surface area contributed by atoms with Crippen LogP contribution in [0.25, 0.3) is 0 Å². The summed E-state index contributed by atoms with van der Waals surface area (Å²) in [7, 11) is 0. The summed E-state index contributed by atoms with van der Waals surface area (Å²) in [5.74, 6) is -0.261. The maximum atomic E-state index is 13.2. The van der Waals surface area contributed by atoms with Crippen molar-refractivity contribution in [1.29, 1.82) is 0 Å². The molecule has 12 atom stereocenters. The van der Waals surface area contributed by atoms with Crippen molar-refractivity contribution >= 4 is 5.91 Å². The van der Waals surface area contributed by atoms with Crippen molar-refractivity contribution in [3.63, 3.8) is 0 Å². The van der Waals surface area contributed by atoms with E-state index in [1.54, 1.807) is 6.08 Å². The van der Waals surface area contributed by atoms with E-state index >= 15 is 0 Å². The molecule has 1 amide bonds. The van der Waals surface area contributed by atoms with Gasteiger partial charge in [0.05, 0.1) is 32.0 Å². The van der Waals surface area contributed by atoms with E-state index in [1.165, 1.54) is 167 Å². The second-order valence-electron chi connectivity index (χ2n) is 22.9. The van der Waals surface area contributed by atoms with Crippen LogP contribution in [-0.2, 0) is 23.7 Å². The van der Waals surface area contributed by atoms with E-state index in [2.05, 4.69) is 55.6 Å². The molecule has 2 aliphatic heterocycles. The molecule has 2 heterocycles. The van der Waals surface area contributed by atoms with Crippen LogP contribution in [0.5, 0.6) is 0 Å². The zero-order valence-electron chi connectivity index (χ0n) is 49.9. The maximum absolute atomic E-state index is 13.2. The topological polar surface area (TPSA) is 228 Å². The largest absolute Gasteiger partial charge is 0.394 e. The number of hydrogen-bond acceptors (Lipinski definition) is 13. The molecular weight excluding hydrogens is 1000 g/mol. The van der Waals surface area contributed by atoms with Crippen LogP contribution in [0, 0.1) is 0 Å². The minimum atomic E-state index is -1.79. The van der Waals surface area contributed by atoms with Gasteiger partial charge in [0, 0.05) is 6.42 Å². The van der Waals surface area contributed by atoms with Crippen LogP contribution in [0.1, 0.15) is 264 Å².